The number of thioether (sulfide) groups is 1. The molecule has 0 aliphatic carbocycles. The minimum Gasteiger partial charge on any atom is -0.325 e. The van der Waals surface area contributed by atoms with E-state index in [2.05, 4.69) is 5.32 Å². The molecule has 0 aromatic heterocycles. The Labute approximate surface area is 120 Å². The number of nitrogens with one attached hydrogen (secondary N) is 1. The van der Waals surface area contributed by atoms with E-state index in [1.165, 1.54) is 18.2 Å². The molecule has 20 heavy (non-hydrogen) atoms. The number of aryl methyl sites for hydroxylation is 1. The molecule has 2 aromatic rings. The maximum absolute atomic E-state index is 13.4. The highest BCUT2D eigenvalue weighted by Gasteiger charge is 2.08. The lowest BCUT2D eigenvalue weighted by atomic mass is 10.2. The van der Waals surface area contributed by atoms with Gasteiger partial charge in [0, 0.05) is 10.6 Å². The highest BCUT2D eigenvalue weighted by Crippen LogP contribution is 2.22. The highest BCUT2D eigenvalue weighted by atomic mass is 32.2. The molecule has 0 saturated carbocycles. The van der Waals surface area contributed by atoms with E-state index in [4.69, 9.17) is 0 Å². The Hall–Kier alpha value is -1.88. The average Bonchev–Trinajstić information content (AvgIpc) is 2.42. The lowest BCUT2D eigenvalue weighted by Crippen LogP contribution is -2.15. The zero-order valence-electron chi connectivity index (χ0n) is 10.8. The van der Waals surface area contributed by atoms with Gasteiger partial charge in [-0.3, -0.25) is 4.79 Å². The topological polar surface area (TPSA) is 29.1 Å². The van der Waals surface area contributed by atoms with Crippen LogP contribution < -0.4 is 5.32 Å². The van der Waals surface area contributed by atoms with E-state index >= 15 is 0 Å². The molecule has 104 valence electrons. The number of carbonyl (C=O) groups excluding carboxylic acids is 1. The Kier molecular flexibility index (Phi) is 4.74. The van der Waals surface area contributed by atoms with Crippen molar-refractivity contribution in [2.75, 3.05) is 11.1 Å². The van der Waals surface area contributed by atoms with Gasteiger partial charge in [0.15, 0.2) is 0 Å². The molecule has 0 radical (unpaired) electrons. The predicted octanol–water partition coefficient (Wildman–Crippen LogP) is 4.00. The van der Waals surface area contributed by atoms with E-state index in [-0.39, 0.29) is 17.5 Å². The van der Waals surface area contributed by atoms with Gasteiger partial charge in [-0.15, -0.1) is 11.8 Å². The zero-order valence-corrected chi connectivity index (χ0v) is 11.6. The third kappa shape index (κ3) is 3.81. The van der Waals surface area contributed by atoms with E-state index in [0.29, 0.717) is 10.6 Å². The summed E-state index contributed by atoms with van der Waals surface area (Å²) in [5.41, 5.74) is 1.21. The van der Waals surface area contributed by atoms with Crippen LogP contribution in [0.25, 0.3) is 0 Å². The fraction of sp³-hybridized carbons (Fsp3) is 0.133. The first-order valence-corrected chi connectivity index (χ1v) is 6.98. The van der Waals surface area contributed by atoms with Crippen molar-refractivity contribution < 1.29 is 13.6 Å². The smallest absolute Gasteiger partial charge is 0.234 e. The third-order valence-corrected chi connectivity index (χ3v) is 3.72. The molecular formula is C15H13F2NOS. The molecule has 2 nitrogen and oxygen atoms in total. The van der Waals surface area contributed by atoms with Crippen LogP contribution in [0.2, 0.25) is 0 Å². The number of anilines is 1. The molecule has 0 aliphatic rings. The van der Waals surface area contributed by atoms with Gasteiger partial charge in [-0.2, -0.15) is 0 Å². The summed E-state index contributed by atoms with van der Waals surface area (Å²) in [6.07, 6.45) is 0. The molecule has 0 heterocycles. The van der Waals surface area contributed by atoms with Crippen molar-refractivity contribution in [3.63, 3.8) is 0 Å². The second kappa shape index (κ2) is 6.52. The second-order valence-corrected chi connectivity index (χ2v) is 5.24. The maximum Gasteiger partial charge on any atom is 0.234 e. The SMILES string of the molecule is Cc1ccc(F)cc1NC(=O)CSc1ccccc1F. The van der Waals surface area contributed by atoms with Crippen molar-refractivity contribution >= 4 is 23.4 Å². The van der Waals surface area contributed by atoms with Gasteiger partial charge in [0.25, 0.3) is 0 Å². The minimum atomic E-state index is -0.410. The van der Waals surface area contributed by atoms with Crippen molar-refractivity contribution in [2.24, 2.45) is 0 Å². The molecular weight excluding hydrogens is 280 g/mol. The highest BCUT2D eigenvalue weighted by molar-refractivity contribution is 8.00. The lowest BCUT2D eigenvalue weighted by Gasteiger charge is -2.08. The summed E-state index contributed by atoms with van der Waals surface area (Å²) < 4.78 is 26.5. The number of benzene rings is 2. The summed E-state index contributed by atoms with van der Waals surface area (Å²) >= 11 is 1.10. The third-order valence-electron chi connectivity index (χ3n) is 2.67. The average molecular weight is 293 g/mol. The molecule has 1 N–H and O–H groups in total. The Bertz CT molecular complexity index is 631. The van der Waals surface area contributed by atoms with Gasteiger partial charge in [-0.1, -0.05) is 18.2 Å². The fourth-order valence-corrected chi connectivity index (χ4v) is 2.36. The zero-order chi connectivity index (χ0) is 14.5. The van der Waals surface area contributed by atoms with Crippen LogP contribution in [-0.2, 0) is 4.79 Å². The van der Waals surface area contributed by atoms with Crippen LogP contribution in [0.15, 0.2) is 47.4 Å². The summed E-state index contributed by atoms with van der Waals surface area (Å²) in [7, 11) is 0. The summed E-state index contributed by atoms with van der Waals surface area (Å²) in [6, 6.07) is 10.4. The number of halogens is 2. The molecule has 0 bridgehead atoms. The summed E-state index contributed by atoms with van der Waals surface area (Å²) in [5.74, 6) is -0.997. The van der Waals surface area contributed by atoms with Crippen molar-refractivity contribution in [3.8, 4) is 0 Å². The van der Waals surface area contributed by atoms with Gasteiger partial charge in [0.1, 0.15) is 11.6 Å². The Morgan fingerprint density at radius 3 is 2.70 bits per heavy atom. The molecule has 0 aliphatic heterocycles. The van der Waals surface area contributed by atoms with E-state index in [1.807, 2.05) is 0 Å². The van der Waals surface area contributed by atoms with Gasteiger partial charge >= 0.3 is 0 Å². The quantitative estimate of drug-likeness (QED) is 0.863. The molecule has 2 aromatic carbocycles. The Balaban J connectivity index is 1.96. The number of rotatable bonds is 4. The van der Waals surface area contributed by atoms with Gasteiger partial charge in [-0.25, -0.2) is 8.78 Å². The van der Waals surface area contributed by atoms with E-state index < -0.39 is 5.82 Å². The van der Waals surface area contributed by atoms with Crippen LogP contribution >= 0.6 is 11.8 Å². The van der Waals surface area contributed by atoms with E-state index in [0.717, 1.165) is 17.3 Å². The Morgan fingerprint density at radius 1 is 1.20 bits per heavy atom. The maximum atomic E-state index is 13.4. The molecule has 0 fully saturated rings. The van der Waals surface area contributed by atoms with Crippen LogP contribution in [0.4, 0.5) is 14.5 Å². The van der Waals surface area contributed by atoms with E-state index in [9.17, 15) is 13.6 Å². The number of hydrogen-bond acceptors (Lipinski definition) is 2. The molecule has 5 heteroatoms. The van der Waals surface area contributed by atoms with Crippen molar-refractivity contribution in [1.29, 1.82) is 0 Å². The van der Waals surface area contributed by atoms with Crippen LogP contribution in [0.5, 0.6) is 0 Å². The number of carbonyl (C=O) groups is 1. The van der Waals surface area contributed by atoms with Crippen LogP contribution in [-0.4, -0.2) is 11.7 Å². The van der Waals surface area contributed by atoms with Gasteiger partial charge in [0.2, 0.25) is 5.91 Å². The summed E-state index contributed by atoms with van der Waals surface area (Å²) in [6.45, 7) is 1.78. The first-order valence-electron chi connectivity index (χ1n) is 5.99. The number of hydrogen-bond donors (Lipinski definition) is 1. The van der Waals surface area contributed by atoms with Crippen LogP contribution in [0, 0.1) is 18.6 Å². The van der Waals surface area contributed by atoms with E-state index in [1.54, 1.807) is 31.2 Å². The largest absolute Gasteiger partial charge is 0.325 e. The molecule has 2 rings (SSSR count). The van der Waals surface area contributed by atoms with Gasteiger partial charge in [0.05, 0.1) is 5.75 Å². The molecule has 0 unspecified atom stereocenters. The predicted molar refractivity (Wildman–Crippen MR) is 76.9 cm³/mol. The molecule has 0 atom stereocenters. The molecule has 1 amide bonds. The first kappa shape index (κ1) is 14.5. The Morgan fingerprint density at radius 2 is 1.95 bits per heavy atom. The van der Waals surface area contributed by atoms with Gasteiger partial charge < -0.3 is 5.32 Å². The molecule has 0 spiro atoms. The molecule has 0 saturated heterocycles. The monoisotopic (exact) mass is 293 g/mol. The normalized spacial score (nSPS) is 10.3. The van der Waals surface area contributed by atoms with Crippen molar-refractivity contribution in [2.45, 2.75) is 11.8 Å². The summed E-state index contributed by atoms with van der Waals surface area (Å²) in [4.78, 5) is 12.2. The van der Waals surface area contributed by atoms with Gasteiger partial charge in [-0.05, 0) is 36.8 Å². The minimum absolute atomic E-state index is 0.0664. The van der Waals surface area contributed by atoms with Crippen LogP contribution in [0.3, 0.4) is 0 Å². The standard InChI is InChI=1S/C15H13F2NOS/c1-10-6-7-11(16)8-13(10)18-15(19)9-20-14-5-3-2-4-12(14)17/h2-8H,9H2,1H3,(H,18,19). The number of amides is 1. The fourth-order valence-electron chi connectivity index (χ4n) is 1.62. The first-order chi connectivity index (χ1) is 9.56. The second-order valence-electron chi connectivity index (χ2n) is 4.23. The lowest BCUT2D eigenvalue weighted by molar-refractivity contribution is -0.113. The summed E-state index contributed by atoms with van der Waals surface area (Å²) in [5, 5.41) is 2.62. The van der Waals surface area contributed by atoms with Crippen molar-refractivity contribution in [1.82, 2.24) is 0 Å². The van der Waals surface area contributed by atoms with Crippen LogP contribution in [0.1, 0.15) is 5.56 Å². The van der Waals surface area contributed by atoms with Crippen molar-refractivity contribution in [3.05, 3.63) is 59.7 Å².